The zero-order valence-electron chi connectivity index (χ0n) is 20.7. The number of aliphatic carboxylic acids is 1. The van der Waals surface area contributed by atoms with Crippen LogP contribution in [-0.2, 0) is 22.2 Å². The molecule has 3 rings (SSSR count). The van der Waals surface area contributed by atoms with Crippen LogP contribution in [-0.4, -0.2) is 11.1 Å². The van der Waals surface area contributed by atoms with Gasteiger partial charge in [0.15, 0.2) is 0 Å². The van der Waals surface area contributed by atoms with E-state index < -0.39 is 5.97 Å². The maximum absolute atomic E-state index is 10.9. The van der Waals surface area contributed by atoms with Crippen LogP contribution >= 0.6 is 0 Å². The Balaban J connectivity index is 2.05. The number of carbonyl (C=O) groups is 1. The van der Waals surface area contributed by atoms with E-state index in [1.165, 1.54) is 17.2 Å². The maximum Gasteiger partial charge on any atom is 0.328 e. The number of ether oxygens (including phenoxy) is 1. The highest BCUT2D eigenvalue weighted by atomic mass is 16.5. The Morgan fingerprint density at radius 3 is 2.21 bits per heavy atom. The molecule has 0 amide bonds. The van der Waals surface area contributed by atoms with E-state index in [9.17, 15) is 4.79 Å². The average molecular weight is 445 g/mol. The molecule has 0 unspecified atom stereocenters. The van der Waals surface area contributed by atoms with Gasteiger partial charge >= 0.3 is 5.97 Å². The van der Waals surface area contributed by atoms with Crippen LogP contribution in [0.25, 0.3) is 5.57 Å². The molecule has 1 aliphatic rings. The van der Waals surface area contributed by atoms with Gasteiger partial charge in [0, 0.05) is 11.6 Å². The molecule has 2 aromatic rings. The molecule has 3 nitrogen and oxygen atoms in total. The van der Waals surface area contributed by atoms with Crippen molar-refractivity contribution in [3.63, 3.8) is 0 Å². The van der Waals surface area contributed by atoms with Crippen molar-refractivity contribution in [1.29, 1.82) is 0 Å². The number of rotatable bonds is 7. The number of hydrogen-bond donors (Lipinski definition) is 1. The quantitative estimate of drug-likeness (QED) is 0.353. The van der Waals surface area contributed by atoms with Crippen LogP contribution in [0.3, 0.4) is 0 Å². The summed E-state index contributed by atoms with van der Waals surface area (Å²) in [4.78, 5) is 10.9. The summed E-state index contributed by atoms with van der Waals surface area (Å²) in [6, 6.07) is 14.8. The minimum atomic E-state index is -0.936. The van der Waals surface area contributed by atoms with Crippen LogP contribution in [0.1, 0.15) is 76.6 Å². The van der Waals surface area contributed by atoms with E-state index in [-0.39, 0.29) is 10.8 Å². The number of carboxylic acids is 1. The summed E-state index contributed by atoms with van der Waals surface area (Å²) in [6.07, 6.45) is 9.25. The van der Waals surface area contributed by atoms with Crippen molar-refractivity contribution in [2.24, 2.45) is 0 Å². The fourth-order valence-electron chi connectivity index (χ4n) is 4.43. The fraction of sp³-hybridized carbons (Fsp3) is 0.367. The van der Waals surface area contributed by atoms with Crippen molar-refractivity contribution >= 4 is 11.5 Å². The van der Waals surface area contributed by atoms with E-state index in [1.807, 2.05) is 36.4 Å². The smallest absolute Gasteiger partial charge is 0.328 e. The lowest BCUT2D eigenvalue weighted by Gasteiger charge is -2.42. The summed E-state index contributed by atoms with van der Waals surface area (Å²) in [6.45, 7) is 13.7. The highest BCUT2D eigenvalue weighted by molar-refractivity contribution is 5.81. The summed E-state index contributed by atoms with van der Waals surface area (Å²) in [5, 5.41) is 8.92. The second kappa shape index (κ2) is 9.82. The van der Waals surface area contributed by atoms with Gasteiger partial charge in [-0.25, -0.2) is 4.79 Å². The van der Waals surface area contributed by atoms with Crippen LogP contribution < -0.4 is 4.74 Å². The molecule has 0 atom stereocenters. The lowest BCUT2D eigenvalue weighted by Crippen LogP contribution is -2.34. The molecule has 0 aromatic heterocycles. The topological polar surface area (TPSA) is 46.5 Å². The summed E-state index contributed by atoms with van der Waals surface area (Å²) < 4.78 is 6.40. The predicted molar refractivity (Wildman–Crippen MR) is 137 cm³/mol. The first-order valence-electron chi connectivity index (χ1n) is 11.6. The molecule has 0 bridgehead atoms. The van der Waals surface area contributed by atoms with E-state index >= 15 is 0 Å². The van der Waals surface area contributed by atoms with Crippen molar-refractivity contribution < 1.29 is 14.6 Å². The Morgan fingerprint density at radius 2 is 1.61 bits per heavy atom. The number of benzene rings is 2. The molecule has 0 spiro atoms. The Hall–Kier alpha value is -3.07. The molecule has 33 heavy (non-hydrogen) atoms. The second-order valence-electron chi connectivity index (χ2n) is 10.4. The summed E-state index contributed by atoms with van der Waals surface area (Å²) >= 11 is 0. The highest BCUT2D eigenvalue weighted by Crippen LogP contribution is 2.48. The van der Waals surface area contributed by atoms with E-state index in [4.69, 9.17) is 9.84 Å². The van der Waals surface area contributed by atoms with Crippen molar-refractivity contribution in [2.45, 2.75) is 71.8 Å². The first kappa shape index (κ1) is 24.6. The van der Waals surface area contributed by atoms with Gasteiger partial charge in [-0.3, -0.25) is 0 Å². The number of hydrogen-bond acceptors (Lipinski definition) is 2. The molecule has 2 aromatic carbocycles. The lowest BCUT2D eigenvalue weighted by molar-refractivity contribution is -0.131. The average Bonchev–Trinajstić information content (AvgIpc) is 2.75. The van der Waals surface area contributed by atoms with Crippen LogP contribution in [0.15, 0.2) is 72.3 Å². The molecule has 3 heteroatoms. The second-order valence-corrected chi connectivity index (χ2v) is 10.4. The molecular formula is C30H36O3. The maximum atomic E-state index is 10.9. The number of fused-ring (bicyclic) bond motifs is 1. The minimum Gasteiger partial charge on any atom is -0.488 e. The fourth-order valence-corrected chi connectivity index (χ4v) is 4.43. The third-order valence-corrected chi connectivity index (χ3v) is 6.67. The van der Waals surface area contributed by atoms with E-state index in [0.717, 1.165) is 35.3 Å². The molecule has 174 valence electrons. The first-order chi connectivity index (χ1) is 15.5. The van der Waals surface area contributed by atoms with Crippen LogP contribution in [0.2, 0.25) is 0 Å². The Labute approximate surface area is 198 Å². The third kappa shape index (κ3) is 6.04. The standard InChI is InChI=1S/C30H36O3/c1-21(17-28(31)32)11-10-12-22(2)24-18-25-26(30(5,6)16-15-29(25,3)4)19-27(24)33-20-23-13-8-7-9-14-23/h7-14,17-19H,15-16,20H2,1-6H3,(H,31,32)/b11-10+,21-17+,22-12-. The molecule has 0 heterocycles. The van der Waals surface area contributed by atoms with E-state index in [0.29, 0.717) is 12.2 Å². The largest absolute Gasteiger partial charge is 0.488 e. The van der Waals surface area contributed by atoms with Crippen LogP contribution in [0.4, 0.5) is 0 Å². The van der Waals surface area contributed by atoms with Gasteiger partial charge in [0.2, 0.25) is 0 Å². The SMILES string of the molecule is C/C(=C/C=C/C(C)=C/C(=O)O)c1cc2c(cc1OCc1ccccc1)C(C)(C)CCC2(C)C. The van der Waals surface area contributed by atoms with Gasteiger partial charge in [-0.2, -0.15) is 0 Å². The van der Waals surface area contributed by atoms with Crippen molar-refractivity contribution in [3.8, 4) is 5.75 Å². The van der Waals surface area contributed by atoms with Crippen molar-refractivity contribution in [3.05, 3.63) is 94.6 Å². The van der Waals surface area contributed by atoms with Gasteiger partial charge in [-0.1, -0.05) is 76.3 Å². The van der Waals surface area contributed by atoms with Gasteiger partial charge in [-0.05, 0) is 77.5 Å². The number of carboxylic acid groups (broad SMARTS) is 1. The van der Waals surface area contributed by atoms with Crippen LogP contribution in [0.5, 0.6) is 5.75 Å². The molecule has 1 aliphatic carbocycles. The Bertz CT molecular complexity index is 1100. The van der Waals surface area contributed by atoms with E-state index in [2.05, 4.69) is 58.9 Å². The molecule has 0 radical (unpaired) electrons. The molecule has 1 N–H and O–H groups in total. The minimum absolute atomic E-state index is 0.102. The summed E-state index contributed by atoms with van der Waals surface area (Å²) in [5.74, 6) is -0.0442. The molecule has 0 aliphatic heterocycles. The van der Waals surface area contributed by atoms with Crippen LogP contribution in [0, 0.1) is 0 Å². The molecule has 0 saturated carbocycles. The summed E-state index contributed by atoms with van der Waals surface area (Å²) in [7, 11) is 0. The zero-order chi connectivity index (χ0) is 24.2. The monoisotopic (exact) mass is 444 g/mol. The van der Waals surface area contributed by atoms with E-state index in [1.54, 1.807) is 6.92 Å². The highest BCUT2D eigenvalue weighted by Gasteiger charge is 2.38. The Morgan fingerprint density at radius 1 is 1.00 bits per heavy atom. The van der Waals surface area contributed by atoms with Crippen molar-refractivity contribution in [2.75, 3.05) is 0 Å². The normalized spacial score (nSPS) is 17.6. The van der Waals surface area contributed by atoms with Gasteiger partial charge < -0.3 is 9.84 Å². The molecule has 0 fully saturated rings. The van der Waals surface area contributed by atoms with Gasteiger partial charge in [0.25, 0.3) is 0 Å². The van der Waals surface area contributed by atoms with Gasteiger partial charge in [-0.15, -0.1) is 0 Å². The van der Waals surface area contributed by atoms with Gasteiger partial charge in [0.1, 0.15) is 12.4 Å². The van der Waals surface area contributed by atoms with Gasteiger partial charge in [0.05, 0.1) is 0 Å². The molecule has 0 saturated heterocycles. The lowest BCUT2D eigenvalue weighted by atomic mass is 9.62. The first-order valence-corrected chi connectivity index (χ1v) is 11.6. The zero-order valence-corrected chi connectivity index (χ0v) is 20.7. The molecular weight excluding hydrogens is 408 g/mol. The number of allylic oxidation sites excluding steroid dienone is 5. The van der Waals surface area contributed by atoms with Crippen molar-refractivity contribution in [1.82, 2.24) is 0 Å². The Kier molecular flexibility index (Phi) is 7.31. The predicted octanol–water partition coefficient (Wildman–Crippen LogP) is 7.61. The summed E-state index contributed by atoms with van der Waals surface area (Å²) in [5.41, 5.74) is 6.96. The third-order valence-electron chi connectivity index (χ3n) is 6.67.